The van der Waals surface area contributed by atoms with E-state index in [0.717, 1.165) is 42.7 Å². The number of methoxy groups -OCH3 is 1. The average molecular weight is 418 g/mol. The highest BCUT2D eigenvalue weighted by atomic mass is 32.2. The van der Waals surface area contributed by atoms with Gasteiger partial charge in [0, 0.05) is 25.9 Å². The first-order valence-electron chi connectivity index (χ1n) is 10.3. The van der Waals surface area contributed by atoms with E-state index in [1.54, 1.807) is 7.11 Å². The summed E-state index contributed by atoms with van der Waals surface area (Å²) in [7, 11) is 1.66. The first kappa shape index (κ1) is 21.8. The van der Waals surface area contributed by atoms with Gasteiger partial charge in [0.05, 0.1) is 11.8 Å². The van der Waals surface area contributed by atoms with Crippen molar-refractivity contribution in [2.75, 3.05) is 33.4 Å². The number of carbonyl (C=O) groups excluding carboxylic acids is 1. The topological polar surface area (TPSA) is 72.3 Å². The van der Waals surface area contributed by atoms with Gasteiger partial charge in [-0.3, -0.25) is 14.3 Å². The van der Waals surface area contributed by atoms with Gasteiger partial charge >= 0.3 is 0 Å². The van der Waals surface area contributed by atoms with Crippen molar-refractivity contribution in [1.29, 1.82) is 0 Å². The Kier molecular flexibility index (Phi) is 8.52. The summed E-state index contributed by atoms with van der Waals surface area (Å²) in [5.41, 5.74) is 1.03. The predicted octanol–water partition coefficient (Wildman–Crippen LogP) is 2.89. The third-order valence-corrected chi connectivity index (χ3v) is 6.05. The molecule has 0 spiro atoms. The minimum absolute atomic E-state index is 0.00583. The smallest absolute Gasteiger partial charge is 0.233 e. The van der Waals surface area contributed by atoms with Crippen LogP contribution in [0.15, 0.2) is 35.5 Å². The van der Waals surface area contributed by atoms with E-state index in [1.165, 1.54) is 31.0 Å². The highest BCUT2D eigenvalue weighted by molar-refractivity contribution is 8.00. The lowest BCUT2D eigenvalue weighted by atomic mass is 10.1. The molecule has 29 heavy (non-hydrogen) atoms. The number of piperidine rings is 1. The van der Waals surface area contributed by atoms with Gasteiger partial charge in [0.2, 0.25) is 5.91 Å². The molecule has 2 heterocycles. The molecule has 1 N–H and O–H groups in total. The van der Waals surface area contributed by atoms with Crippen molar-refractivity contribution < 1.29 is 9.53 Å². The predicted molar refractivity (Wildman–Crippen MR) is 115 cm³/mol. The number of thioether (sulfide) groups is 1. The standard InChI is InChI=1S/C21H31N5O2S/c1-17(20(27)22-12-9-15-28-2)29-21-24-23-19(16-25-13-7-4-8-14-25)26(21)18-10-5-3-6-11-18/h3,5-6,10-11,17H,4,7-9,12-16H2,1-2H3,(H,22,27). The van der Waals surface area contributed by atoms with Gasteiger partial charge in [-0.05, 0) is 51.4 Å². The van der Waals surface area contributed by atoms with Crippen LogP contribution in [0.2, 0.25) is 0 Å². The van der Waals surface area contributed by atoms with Crippen molar-refractivity contribution in [3.63, 3.8) is 0 Å². The number of para-hydroxylation sites is 1. The van der Waals surface area contributed by atoms with E-state index in [9.17, 15) is 4.79 Å². The Morgan fingerprint density at radius 3 is 2.69 bits per heavy atom. The van der Waals surface area contributed by atoms with Gasteiger partial charge in [0.1, 0.15) is 0 Å². The van der Waals surface area contributed by atoms with Gasteiger partial charge in [-0.2, -0.15) is 0 Å². The molecule has 158 valence electrons. The molecule has 1 unspecified atom stereocenters. The van der Waals surface area contributed by atoms with Crippen LogP contribution in [0.25, 0.3) is 5.69 Å². The van der Waals surface area contributed by atoms with E-state index in [4.69, 9.17) is 4.74 Å². The van der Waals surface area contributed by atoms with E-state index in [0.29, 0.717) is 13.2 Å². The second kappa shape index (κ2) is 11.3. The fourth-order valence-corrected chi connectivity index (χ4v) is 4.33. The minimum atomic E-state index is -0.257. The fraction of sp³-hybridized carbons (Fsp3) is 0.571. The zero-order valence-electron chi connectivity index (χ0n) is 17.3. The lowest BCUT2D eigenvalue weighted by Gasteiger charge is -2.26. The van der Waals surface area contributed by atoms with Crippen molar-refractivity contribution >= 4 is 17.7 Å². The van der Waals surface area contributed by atoms with Crippen molar-refractivity contribution in [3.05, 3.63) is 36.2 Å². The molecular formula is C21H31N5O2S. The minimum Gasteiger partial charge on any atom is -0.385 e. The van der Waals surface area contributed by atoms with Crippen LogP contribution in [0, 0.1) is 0 Å². The van der Waals surface area contributed by atoms with Crippen LogP contribution < -0.4 is 5.32 Å². The van der Waals surface area contributed by atoms with Crippen molar-refractivity contribution in [3.8, 4) is 5.69 Å². The van der Waals surface area contributed by atoms with Crippen LogP contribution in [0.5, 0.6) is 0 Å². The molecule has 0 bridgehead atoms. The van der Waals surface area contributed by atoms with Crippen LogP contribution >= 0.6 is 11.8 Å². The lowest BCUT2D eigenvalue weighted by molar-refractivity contribution is -0.120. The summed E-state index contributed by atoms with van der Waals surface area (Å²) in [4.78, 5) is 14.9. The monoisotopic (exact) mass is 417 g/mol. The summed E-state index contributed by atoms with van der Waals surface area (Å²) >= 11 is 1.45. The zero-order valence-corrected chi connectivity index (χ0v) is 18.2. The number of hydrogen-bond donors (Lipinski definition) is 1. The Morgan fingerprint density at radius 2 is 1.97 bits per heavy atom. The number of carbonyl (C=O) groups is 1. The molecule has 1 aromatic carbocycles. The largest absolute Gasteiger partial charge is 0.385 e. The Hall–Kier alpha value is -1.90. The second-order valence-electron chi connectivity index (χ2n) is 7.30. The Labute approximate surface area is 177 Å². The molecule has 2 aromatic rings. The van der Waals surface area contributed by atoms with Crippen LogP contribution in [0.4, 0.5) is 0 Å². The number of nitrogens with zero attached hydrogens (tertiary/aromatic N) is 4. The van der Waals surface area contributed by atoms with Gasteiger partial charge < -0.3 is 10.1 Å². The Balaban J connectivity index is 1.73. The number of rotatable bonds is 10. The Bertz CT molecular complexity index is 762. The van der Waals surface area contributed by atoms with Crippen molar-refractivity contribution in [2.24, 2.45) is 0 Å². The molecule has 0 saturated carbocycles. The second-order valence-corrected chi connectivity index (χ2v) is 8.61. The highest BCUT2D eigenvalue weighted by Crippen LogP contribution is 2.26. The van der Waals surface area contributed by atoms with Gasteiger partial charge in [-0.15, -0.1) is 10.2 Å². The van der Waals surface area contributed by atoms with Gasteiger partial charge in [0.15, 0.2) is 11.0 Å². The molecule has 0 aliphatic carbocycles. The quantitative estimate of drug-likeness (QED) is 0.473. The summed E-state index contributed by atoms with van der Waals surface area (Å²) in [6.07, 6.45) is 4.59. The summed E-state index contributed by atoms with van der Waals surface area (Å²) in [6, 6.07) is 10.1. The normalized spacial score (nSPS) is 15.9. The van der Waals surface area contributed by atoms with E-state index in [-0.39, 0.29) is 11.2 Å². The molecule has 1 amide bonds. The summed E-state index contributed by atoms with van der Waals surface area (Å²) in [6.45, 7) is 6.15. The van der Waals surface area contributed by atoms with Crippen LogP contribution in [-0.2, 0) is 16.1 Å². The molecule has 3 rings (SSSR count). The number of hydrogen-bond acceptors (Lipinski definition) is 6. The van der Waals surface area contributed by atoms with E-state index >= 15 is 0 Å². The summed E-state index contributed by atoms with van der Waals surface area (Å²) in [5.74, 6) is 0.930. The number of benzene rings is 1. The molecule has 1 atom stereocenters. The Morgan fingerprint density at radius 1 is 1.21 bits per heavy atom. The molecule has 1 aliphatic heterocycles. The van der Waals surface area contributed by atoms with Gasteiger partial charge in [-0.1, -0.05) is 36.4 Å². The van der Waals surface area contributed by atoms with E-state index < -0.39 is 0 Å². The van der Waals surface area contributed by atoms with E-state index in [1.807, 2.05) is 25.1 Å². The maximum atomic E-state index is 12.4. The first-order chi connectivity index (χ1) is 14.2. The maximum absolute atomic E-state index is 12.4. The van der Waals surface area contributed by atoms with E-state index in [2.05, 4.69) is 37.1 Å². The van der Waals surface area contributed by atoms with Crippen molar-refractivity contribution in [2.45, 2.75) is 49.6 Å². The molecule has 0 radical (unpaired) electrons. The molecule has 1 saturated heterocycles. The molecular weight excluding hydrogens is 386 g/mol. The number of amides is 1. The summed E-state index contributed by atoms with van der Waals surface area (Å²) in [5, 5.41) is 12.4. The van der Waals surface area contributed by atoms with Crippen LogP contribution in [0.1, 0.15) is 38.4 Å². The van der Waals surface area contributed by atoms with Crippen molar-refractivity contribution in [1.82, 2.24) is 25.0 Å². The van der Waals surface area contributed by atoms with Crippen LogP contribution in [0.3, 0.4) is 0 Å². The summed E-state index contributed by atoms with van der Waals surface area (Å²) < 4.78 is 7.12. The molecule has 7 nitrogen and oxygen atoms in total. The number of nitrogens with one attached hydrogen (secondary N) is 1. The fourth-order valence-electron chi connectivity index (χ4n) is 3.42. The van der Waals surface area contributed by atoms with Gasteiger partial charge in [-0.25, -0.2) is 0 Å². The first-order valence-corrected chi connectivity index (χ1v) is 11.2. The SMILES string of the molecule is COCCCNC(=O)C(C)Sc1nnc(CN2CCCCC2)n1-c1ccccc1. The number of likely N-dealkylation sites (tertiary alicyclic amines) is 1. The number of ether oxygens (including phenoxy) is 1. The third kappa shape index (κ3) is 6.29. The average Bonchev–Trinajstić information content (AvgIpc) is 3.14. The third-order valence-electron chi connectivity index (χ3n) is 5.00. The van der Waals surface area contributed by atoms with Crippen LogP contribution in [-0.4, -0.2) is 64.2 Å². The lowest BCUT2D eigenvalue weighted by Crippen LogP contribution is -2.32. The molecule has 1 fully saturated rings. The number of aromatic nitrogens is 3. The molecule has 1 aromatic heterocycles. The maximum Gasteiger partial charge on any atom is 0.233 e. The molecule has 1 aliphatic rings. The highest BCUT2D eigenvalue weighted by Gasteiger charge is 2.22. The van der Waals surface area contributed by atoms with Gasteiger partial charge in [0.25, 0.3) is 0 Å². The molecule has 8 heteroatoms. The zero-order chi connectivity index (χ0) is 20.5.